The van der Waals surface area contributed by atoms with Crippen LogP contribution in [0, 0.1) is 28.6 Å². The fourth-order valence-electron chi connectivity index (χ4n) is 8.20. The molecule has 1 unspecified atom stereocenters. The maximum atomic E-state index is 13.7. The largest absolute Gasteiger partial charge is 0.391 e. The average Bonchev–Trinajstić information content (AvgIpc) is 3.14. The van der Waals surface area contributed by atoms with Gasteiger partial charge < -0.3 is 25.4 Å². The Balaban J connectivity index is 1.70. The van der Waals surface area contributed by atoms with E-state index in [1.807, 2.05) is 7.05 Å². The van der Waals surface area contributed by atoms with Crippen LogP contribution >= 0.6 is 11.3 Å². The summed E-state index contributed by atoms with van der Waals surface area (Å²) in [6, 6.07) is 0. The van der Waals surface area contributed by atoms with Gasteiger partial charge in [-0.3, -0.25) is 4.79 Å². The summed E-state index contributed by atoms with van der Waals surface area (Å²) in [7, 11) is 1.83. The molecule has 2 aliphatic heterocycles. The number of hydrogen-bond acceptors (Lipinski definition) is 8. The van der Waals surface area contributed by atoms with Crippen molar-refractivity contribution in [3.63, 3.8) is 0 Å². The van der Waals surface area contributed by atoms with Gasteiger partial charge in [0.05, 0.1) is 18.4 Å². The number of ketones is 1. The number of hydrogen-bond donors (Lipinski definition) is 4. The van der Waals surface area contributed by atoms with Crippen LogP contribution in [0.15, 0.2) is 12.2 Å². The van der Waals surface area contributed by atoms with Gasteiger partial charge in [0.15, 0.2) is 10.9 Å². The lowest BCUT2D eigenvalue weighted by atomic mass is 9.36. The summed E-state index contributed by atoms with van der Waals surface area (Å²) in [5.41, 5.74) is -1.49. The van der Waals surface area contributed by atoms with E-state index in [1.54, 1.807) is 11.3 Å². The summed E-state index contributed by atoms with van der Waals surface area (Å²) < 4.78 is 6.04. The Kier molecular flexibility index (Phi) is 3.46. The van der Waals surface area contributed by atoms with E-state index in [4.69, 9.17) is 9.72 Å². The topological polar surface area (TPSA) is 112 Å². The number of fused-ring (bicyclic) bond motifs is 3. The Bertz CT molecular complexity index is 1010. The Morgan fingerprint density at radius 2 is 2.00 bits per heavy atom. The number of thiazole rings is 1. The van der Waals surface area contributed by atoms with Crippen LogP contribution < -0.4 is 5.32 Å². The third-order valence-electron chi connectivity index (χ3n) is 9.11. The Morgan fingerprint density at radius 1 is 1.27 bits per heavy atom. The van der Waals surface area contributed by atoms with Gasteiger partial charge in [0.25, 0.3) is 0 Å². The van der Waals surface area contributed by atoms with Crippen molar-refractivity contribution in [1.29, 1.82) is 0 Å². The number of anilines is 1. The molecule has 30 heavy (non-hydrogen) atoms. The molecule has 4 N–H and O–H groups in total. The van der Waals surface area contributed by atoms with Crippen molar-refractivity contribution in [1.82, 2.24) is 4.98 Å². The van der Waals surface area contributed by atoms with Gasteiger partial charge in [-0.15, -0.1) is 11.3 Å². The lowest BCUT2D eigenvalue weighted by molar-refractivity contribution is -0.429. The molecule has 2 spiro atoms. The minimum Gasteiger partial charge on any atom is -0.391 e. The van der Waals surface area contributed by atoms with E-state index in [2.05, 4.69) is 25.7 Å². The Morgan fingerprint density at radius 3 is 2.70 bits per heavy atom. The summed E-state index contributed by atoms with van der Waals surface area (Å²) in [5, 5.41) is 38.8. The molecule has 8 atom stereocenters. The maximum absolute atomic E-state index is 13.7. The Labute approximate surface area is 179 Å². The molecular formula is C22H28N2O5S. The first-order valence-electron chi connectivity index (χ1n) is 10.7. The molecule has 1 aromatic heterocycles. The van der Waals surface area contributed by atoms with E-state index >= 15 is 0 Å². The van der Waals surface area contributed by atoms with Gasteiger partial charge in [0, 0.05) is 29.2 Å². The van der Waals surface area contributed by atoms with Crippen LogP contribution in [0.5, 0.6) is 0 Å². The summed E-state index contributed by atoms with van der Waals surface area (Å²) in [5.74, 6) is -3.60. The Hall–Kier alpha value is -1.32. The number of aliphatic hydroxyl groups excluding tert-OH is 2. The normalized spacial score (nSPS) is 50.1. The predicted octanol–water partition coefficient (Wildman–Crippen LogP) is 1.23. The second-order valence-corrected chi connectivity index (χ2v) is 11.6. The molecule has 4 aliphatic carbocycles. The molecule has 4 bridgehead atoms. The molecule has 3 heterocycles. The number of nitrogens with one attached hydrogen (secondary N) is 1. The number of Topliss-reactive ketones (excluding diaryl/α,β-unsaturated/α-hetero) is 1. The molecule has 2 saturated heterocycles. The first kappa shape index (κ1) is 19.4. The molecule has 3 saturated carbocycles. The van der Waals surface area contributed by atoms with Gasteiger partial charge in [0.1, 0.15) is 11.5 Å². The van der Waals surface area contributed by atoms with Gasteiger partial charge in [-0.25, -0.2) is 4.98 Å². The van der Waals surface area contributed by atoms with Crippen molar-refractivity contribution in [3.8, 4) is 0 Å². The van der Waals surface area contributed by atoms with E-state index < -0.39 is 34.7 Å². The van der Waals surface area contributed by atoms with Crippen LogP contribution in [0.4, 0.5) is 5.13 Å². The molecule has 1 aromatic rings. The highest BCUT2D eigenvalue weighted by Crippen LogP contribution is 2.75. The molecule has 6 aliphatic rings. The summed E-state index contributed by atoms with van der Waals surface area (Å²) in [6.07, 6.45) is -0.410. The second kappa shape index (κ2) is 5.35. The SMILES string of the molecule is C=C1C(=O)[C@]23[C@H](O)[C@H]1CC[C@H]2[C@@]12COC3(O)[C@@H](O)[C@@H]1C(C)(C)Cc1sc(NC)nc12. The van der Waals surface area contributed by atoms with Crippen molar-refractivity contribution in [2.45, 2.75) is 56.5 Å². The van der Waals surface area contributed by atoms with Crippen molar-refractivity contribution in [2.24, 2.45) is 28.6 Å². The van der Waals surface area contributed by atoms with Gasteiger partial charge >= 0.3 is 0 Å². The van der Waals surface area contributed by atoms with Gasteiger partial charge in [-0.1, -0.05) is 20.4 Å². The predicted molar refractivity (Wildman–Crippen MR) is 110 cm³/mol. The highest BCUT2D eigenvalue weighted by atomic mass is 32.1. The smallest absolute Gasteiger partial charge is 0.208 e. The molecule has 8 heteroatoms. The zero-order chi connectivity index (χ0) is 21.4. The summed E-state index contributed by atoms with van der Waals surface area (Å²) in [6.45, 7) is 8.36. The van der Waals surface area contributed by atoms with Crippen LogP contribution in [-0.4, -0.2) is 57.7 Å². The number of nitrogens with zero attached hydrogens (tertiary/aromatic N) is 1. The van der Waals surface area contributed by atoms with E-state index in [-0.39, 0.29) is 29.6 Å². The molecule has 7 nitrogen and oxygen atoms in total. The monoisotopic (exact) mass is 432 g/mol. The highest BCUT2D eigenvalue weighted by Gasteiger charge is 2.86. The molecule has 162 valence electrons. The summed E-state index contributed by atoms with van der Waals surface area (Å²) >= 11 is 1.60. The highest BCUT2D eigenvalue weighted by molar-refractivity contribution is 7.15. The number of carbonyl (C=O) groups excluding carboxylic acids is 1. The van der Waals surface area contributed by atoms with E-state index in [0.717, 1.165) is 22.1 Å². The average molecular weight is 433 g/mol. The molecule has 0 amide bonds. The maximum Gasteiger partial charge on any atom is 0.208 e. The number of aromatic nitrogens is 1. The molecule has 7 rings (SSSR count). The lowest BCUT2D eigenvalue weighted by Crippen LogP contribution is -2.85. The van der Waals surface area contributed by atoms with Crippen LogP contribution in [0.25, 0.3) is 0 Å². The number of carbonyl (C=O) groups is 1. The minimum atomic E-state index is -2.13. The van der Waals surface area contributed by atoms with Gasteiger partial charge in [0.2, 0.25) is 5.79 Å². The van der Waals surface area contributed by atoms with Gasteiger partial charge in [-0.05, 0) is 36.2 Å². The second-order valence-electron chi connectivity index (χ2n) is 10.6. The van der Waals surface area contributed by atoms with Crippen molar-refractivity contribution < 1.29 is 24.9 Å². The van der Waals surface area contributed by atoms with Crippen LogP contribution in [-0.2, 0) is 21.4 Å². The van der Waals surface area contributed by atoms with Crippen molar-refractivity contribution >= 4 is 22.3 Å². The minimum absolute atomic E-state index is 0.179. The number of rotatable bonds is 1. The van der Waals surface area contributed by atoms with Gasteiger partial charge in [-0.2, -0.15) is 0 Å². The molecule has 5 fully saturated rings. The van der Waals surface area contributed by atoms with E-state index in [1.165, 1.54) is 0 Å². The molecule has 0 aromatic carbocycles. The number of aliphatic hydroxyl groups is 3. The first-order chi connectivity index (χ1) is 14.1. The third kappa shape index (κ3) is 1.67. The van der Waals surface area contributed by atoms with Crippen molar-refractivity contribution in [2.75, 3.05) is 19.0 Å². The summed E-state index contributed by atoms with van der Waals surface area (Å²) in [4.78, 5) is 19.7. The zero-order valence-corrected chi connectivity index (χ0v) is 18.3. The lowest BCUT2D eigenvalue weighted by Gasteiger charge is -2.73. The molecular weight excluding hydrogens is 404 g/mol. The quantitative estimate of drug-likeness (QED) is 0.494. The van der Waals surface area contributed by atoms with E-state index in [0.29, 0.717) is 18.4 Å². The zero-order valence-electron chi connectivity index (χ0n) is 17.4. The van der Waals surface area contributed by atoms with Crippen LogP contribution in [0.1, 0.15) is 37.3 Å². The van der Waals surface area contributed by atoms with Crippen LogP contribution in [0.3, 0.4) is 0 Å². The molecule has 0 radical (unpaired) electrons. The fraction of sp³-hybridized carbons (Fsp3) is 0.727. The number of ether oxygens (including phenoxy) is 1. The third-order valence-corrected chi connectivity index (χ3v) is 10.2. The van der Waals surface area contributed by atoms with Crippen LogP contribution in [0.2, 0.25) is 0 Å². The van der Waals surface area contributed by atoms with Crippen molar-refractivity contribution in [3.05, 3.63) is 22.7 Å². The fourth-order valence-corrected chi connectivity index (χ4v) is 9.45. The first-order valence-corrected chi connectivity index (χ1v) is 11.5. The standard InChI is InChI=1S/C22H28N2O5S/c1-9-10-5-6-12-20-8-29-22(28,21(12,15(9)25)16(10)26)17(27)13(20)19(2,3)7-11-14(20)24-18(23-4)30-11/h10,12-13,16-17,26-28H,1,5-8H2,2-4H3,(H,23,24)/t10-,12-,13+,16+,17-,20-,21-,22?/m0/s1. The van der Waals surface area contributed by atoms with E-state index in [9.17, 15) is 20.1 Å².